The number of nitrogens with one attached hydrogen (secondary N) is 2. The third-order valence-electron chi connectivity index (χ3n) is 3.01. The number of rotatable bonds is 2. The summed E-state index contributed by atoms with van der Waals surface area (Å²) >= 11 is 0. The first kappa shape index (κ1) is 10.2. The van der Waals surface area contributed by atoms with Crippen molar-refractivity contribution in [1.82, 2.24) is 15.5 Å². The average molecular weight is 213 g/mol. The number of hydrogen-bond acceptors (Lipinski definition) is 3. The second-order valence-electron chi connectivity index (χ2n) is 4.01. The molecule has 2 rings (SSSR count). The van der Waals surface area contributed by atoms with Gasteiger partial charge in [0.1, 0.15) is 0 Å². The Kier molecular flexibility index (Phi) is 2.77. The molecule has 2 amide bonds. The topological polar surface area (TPSA) is 81.7 Å². The van der Waals surface area contributed by atoms with Crippen LogP contribution in [0, 0.1) is 5.92 Å². The minimum absolute atomic E-state index is 0.0161. The number of hydrogen-bond donors (Lipinski definition) is 3. The van der Waals surface area contributed by atoms with E-state index in [1.165, 1.54) is 0 Å². The fourth-order valence-electron chi connectivity index (χ4n) is 2.18. The molecule has 2 aliphatic rings. The molecule has 6 nitrogen and oxygen atoms in total. The molecule has 2 aliphatic heterocycles. The summed E-state index contributed by atoms with van der Waals surface area (Å²) in [6, 6.07) is -0.0600. The standard InChI is InChI=1S/C9H15N3O3/c13-8(14)6-3-7(5-10-4-6)12-2-1-11-9(12)15/h6-7,10H,1-5H2,(H,11,15)(H,13,14)/t6-,7+/m1/s1. The first-order chi connectivity index (χ1) is 7.18. The molecule has 2 fully saturated rings. The number of urea groups is 1. The van der Waals surface area contributed by atoms with Gasteiger partial charge >= 0.3 is 12.0 Å². The zero-order valence-electron chi connectivity index (χ0n) is 8.40. The Labute approximate surface area is 87.6 Å². The zero-order valence-corrected chi connectivity index (χ0v) is 8.40. The van der Waals surface area contributed by atoms with Crippen molar-refractivity contribution in [2.75, 3.05) is 26.2 Å². The van der Waals surface area contributed by atoms with Crippen LogP contribution in [-0.2, 0) is 4.79 Å². The van der Waals surface area contributed by atoms with Crippen molar-refractivity contribution in [3.63, 3.8) is 0 Å². The monoisotopic (exact) mass is 213 g/mol. The number of carbonyl (C=O) groups is 2. The molecule has 6 heteroatoms. The quantitative estimate of drug-likeness (QED) is 0.554. The lowest BCUT2D eigenvalue weighted by Crippen LogP contribution is -2.51. The summed E-state index contributed by atoms with van der Waals surface area (Å²) in [5, 5.41) is 14.7. The molecule has 84 valence electrons. The van der Waals surface area contributed by atoms with Gasteiger partial charge in [-0.15, -0.1) is 0 Å². The third kappa shape index (κ3) is 2.04. The van der Waals surface area contributed by atoms with Crippen LogP contribution in [0.2, 0.25) is 0 Å². The molecule has 3 N–H and O–H groups in total. The van der Waals surface area contributed by atoms with Gasteiger partial charge in [-0.05, 0) is 6.42 Å². The highest BCUT2D eigenvalue weighted by Gasteiger charge is 2.34. The maximum absolute atomic E-state index is 11.4. The van der Waals surface area contributed by atoms with Gasteiger partial charge in [-0.1, -0.05) is 0 Å². The predicted octanol–water partition coefficient (Wildman–Crippen LogP) is -0.926. The van der Waals surface area contributed by atoms with Crippen LogP contribution in [0.1, 0.15) is 6.42 Å². The molecule has 0 unspecified atom stereocenters. The van der Waals surface area contributed by atoms with Crippen molar-refractivity contribution >= 4 is 12.0 Å². The number of carbonyl (C=O) groups excluding carboxylic acids is 1. The van der Waals surface area contributed by atoms with Gasteiger partial charge in [-0.2, -0.15) is 0 Å². The molecule has 15 heavy (non-hydrogen) atoms. The SMILES string of the molecule is O=C(O)[C@H]1CNC[C@@H](N2CCNC2=O)C1. The molecule has 0 spiro atoms. The first-order valence-corrected chi connectivity index (χ1v) is 5.16. The summed E-state index contributed by atoms with van der Waals surface area (Å²) < 4.78 is 0. The van der Waals surface area contributed by atoms with Crippen LogP contribution in [-0.4, -0.2) is 54.2 Å². The van der Waals surface area contributed by atoms with Gasteiger partial charge in [0.05, 0.1) is 5.92 Å². The molecule has 0 radical (unpaired) electrons. The van der Waals surface area contributed by atoms with Crippen LogP contribution < -0.4 is 10.6 Å². The Balaban J connectivity index is 1.97. The van der Waals surface area contributed by atoms with Crippen LogP contribution in [0.5, 0.6) is 0 Å². The van der Waals surface area contributed by atoms with Crippen molar-refractivity contribution in [1.29, 1.82) is 0 Å². The summed E-state index contributed by atoms with van der Waals surface area (Å²) in [6.07, 6.45) is 0.551. The molecule has 2 saturated heterocycles. The van der Waals surface area contributed by atoms with Crippen LogP contribution in [0.3, 0.4) is 0 Å². The van der Waals surface area contributed by atoms with Gasteiger partial charge < -0.3 is 20.6 Å². The fraction of sp³-hybridized carbons (Fsp3) is 0.778. The number of nitrogens with zero attached hydrogens (tertiary/aromatic N) is 1. The maximum atomic E-state index is 11.4. The van der Waals surface area contributed by atoms with Crippen LogP contribution >= 0.6 is 0 Å². The van der Waals surface area contributed by atoms with Gasteiger partial charge in [0.2, 0.25) is 0 Å². The lowest BCUT2D eigenvalue weighted by atomic mass is 9.95. The van der Waals surface area contributed by atoms with Crippen LogP contribution in [0.25, 0.3) is 0 Å². The number of aliphatic carboxylic acids is 1. The van der Waals surface area contributed by atoms with E-state index in [9.17, 15) is 9.59 Å². The fourth-order valence-corrected chi connectivity index (χ4v) is 2.18. The number of carboxylic acids is 1. The van der Waals surface area contributed by atoms with Gasteiger partial charge in [0.25, 0.3) is 0 Å². The molecule has 2 atom stereocenters. The summed E-state index contributed by atoms with van der Waals surface area (Å²) in [5.74, 6) is -1.16. The van der Waals surface area contributed by atoms with E-state index in [-0.39, 0.29) is 18.0 Å². The van der Waals surface area contributed by atoms with Crippen molar-refractivity contribution in [3.05, 3.63) is 0 Å². The van der Waals surface area contributed by atoms with Gasteiger partial charge in [-0.3, -0.25) is 4.79 Å². The highest BCUT2D eigenvalue weighted by Crippen LogP contribution is 2.17. The van der Waals surface area contributed by atoms with Crippen LogP contribution in [0.4, 0.5) is 4.79 Å². The molecular formula is C9H15N3O3. The van der Waals surface area contributed by atoms with Gasteiger partial charge in [-0.25, -0.2) is 4.79 Å². The molecule has 0 aromatic heterocycles. The van der Waals surface area contributed by atoms with E-state index >= 15 is 0 Å². The first-order valence-electron chi connectivity index (χ1n) is 5.16. The van der Waals surface area contributed by atoms with E-state index < -0.39 is 5.97 Å². The predicted molar refractivity (Wildman–Crippen MR) is 52.5 cm³/mol. The minimum Gasteiger partial charge on any atom is -0.481 e. The Morgan fingerprint density at radius 2 is 2.27 bits per heavy atom. The second kappa shape index (κ2) is 4.06. The third-order valence-corrected chi connectivity index (χ3v) is 3.01. The van der Waals surface area contributed by atoms with Crippen molar-refractivity contribution in [2.24, 2.45) is 5.92 Å². The van der Waals surface area contributed by atoms with E-state index in [1.807, 2.05) is 0 Å². The van der Waals surface area contributed by atoms with Crippen LogP contribution in [0.15, 0.2) is 0 Å². The number of amides is 2. The molecule has 2 heterocycles. The lowest BCUT2D eigenvalue weighted by Gasteiger charge is -2.33. The van der Waals surface area contributed by atoms with E-state index in [1.54, 1.807) is 4.90 Å². The molecule has 0 saturated carbocycles. The Morgan fingerprint density at radius 1 is 1.47 bits per heavy atom. The average Bonchev–Trinajstić information content (AvgIpc) is 2.64. The number of piperidine rings is 1. The molecular weight excluding hydrogens is 198 g/mol. The lowest BCUT2D eigenvalue weighted by molar-refractivity contribution is -0.142. The van der Waals surface area contributed by atoms with Crippen molar-refractivity contribution < 1.29 is 14.7 Å². The highest BCUT2D eigenvalue weighted by molar-refractivity contribution is 5.77. The van der Waals surface area contributed by atoms with Gasteiger partial charge in [0, 0.05) is 32.2 Å². The molecule has 0 aromatic rings. The second-order valence-corrected chi connectivity index (χ2v) is 4.01. The summed E-state index contributed by atoms with van der Waals surface area (Å²) in [7, 11) is 0. The Bertz CT molecular complexity index is 282. The highest BCUT2D eigenvalue weighted by atomic mass is 16.4. The Morgan fingerprint density at radius 3 is 2.87 bits per heavy atom. The largest absolute Gasteiger partial charge is 0.481 e. The molecule has 0 aliphatic carbocycles. The normalized spacial score (nSPS) is 31.5. The maximum Gasteiger partial charge on any atom is 0.317 e. The summed E-state index contributed by atoms with van der Waals surface area (Å²) in [4.78, 5) is 24.0. The van der Waals surface area contributed by atoms with E-state index in [4.69, 9.17) is 5.11 Å². The zero-order chi connectivity index (χ0) is 10.8. The van der Waals surface area contributed by atoms with E-state index in [2.05, 4.69) is 10.6 Å². The minimum atomic E-state index is -0.785. The van der Waals surface area contributed by atoms with Crippen molar-refractivity contribution in [3.8, 4) is 0 Å². The van der Waals surface area contributed by atoms with Crippen molar-refractivity contribution in [2.45, 2.75) is 12.5 Å². The summed E-state index contributed by atoms with van der Waals surface area (Å²) in [5.41, 5.74) is 0. The molecule has 0 bridgehead atoms. The number of carboxylic acid groups (broad SMARTS) is 1. The Hall–Kier alpha value is -1.30. The smallest absolute Gasteiger partial charge is 0.317 e. The van der Waals surface area contributed by atoms with E-state index in [0.717, 1.165) is 0 Å². The molecule has 0 aromatic carbocycles. The van der Waals surface area contributed by atoms with Gasteiger partial charge in [0.15, 0.2) is 0 Å². The van der Waals surface area contributed by atoms with E-state index in [0.29, 0.717) is 32.6 Å². The summed E-state index contributed by atoms with van der Waals surface area (Å²) in [6.45, 7) is 2.53.